The first-order chi connectivity index (χ1) is 8.19. The van der Waals surface area contributed by atoms with Crippen molar-refractivity contribution in [3.05, 3.63) is 59.7 Å². The maximum absolute atomic E-state index is 13.3. The van der Waals surface area contributed by atoms with E-state index in [2.05, 4.69) is 15.9 Å². The van der Waals surface area contributed by atoms with Crippen molar-refractivity contribution in [2.24, 2.45) is 0 Å². The Kier molecular flexibility index (Phi) is 3.74. The molecular formula is C13H9BrF2O. The molecule has 0 aliphatic rings. The number of alkyl halides is 1. The highest BCUT2D eigenvalue weighted by Gasteiger charge is 2.05. The van der Waals surface area contributed by atoms with Crippen LogP contribution in [-0.2, 0) is 5.33 Å². The molecule has 2 rings (SSSR count). The standard InChI is InChI=1S/C13H9BrF2O/c14-8-9-1-4-11(5-2-9)17-13-6-3-10(15)7-12(13)16/h1-7H,8H2. The monoisotopic (exact) mass is 298 g/mol. The molecule has 0 amide bonds. The smallest absolute Gasteiger partial charge is 0.168 e. The third-order valence-electron chi connectivity index (χ3n) is 2.20. The molecule has 0 atom stereocenters. The lowest BCUT2D eigenvalue weighted by atomic mass is 10.2. The molecule has 17 heavy (non-hydrogen) atoms. The van der Waals surface area contributed by atoms with Crippen LogP contribution in [0.15, 0.2) is 42.5 Å². The molecule has 1 nitrogen and oxygen atoms in total. The lowest BCUT2D eigenvalue weighted by molar-refractivity contribution is 0.437. The average molecular weight is 299 g/mol. The molecule has 0 heterocycles. The zero-order chi connectivity index (χ0) is 12.3. The molecule has 0 aromatic heterocycles. The van der Waals surface area contributed by atoms with Gasteiger partial charge in [-0.2, -0.15) is 0 Å². The van der Waals surface area contributed by atoms with E-state index in [-0.39, 0.29) is 5.75 Å². The van der Waals surface area contributed by atoms with Crippen molar-refractivity contribution in [3.63, 3.8) is 0 Å². The molecule has 0 unspecified atom stereocenters. The first-order valence-electron chi connectivity index (χ1n) is 4.97. The summed E-state index contributed by atoms with van der Waals surface area (Å²) in [5, 5.41) is 0.748. The lowest BCUT2D eigenvalue weighted by Gasteiger charge is -2.07. The van der Waals surface area contributed by atoms with E-state index >= 15 is 0 Å². The number of hydrogen-bond acceptors (Lipinski definition) is 1. The Morgan fingerprint density at radius 2 is 1.71 bits per heavy atom. The van der Waals surface area contributed by atoms with E-state index in [9.17, 15) is 8.78 Å². The summed E-state index contributed by atoms with van der Waals surface area (Å²) >= 11 is 3.33. The maximum Gasteiger partial charge on any atom is 0.168 e. The fourth-order valence-electron chi connectivity index (χ4n) is 1.33. The largest absolute Gasteiger partial charge is 0.454 e. The highest BCUT2D eigenvalue weighted by Crippen LogP contribution is 2.25. The van der Waals surface area contributed by atoms with Crippen LogP contribution in [0.3, 0.4) is 0 Å². The normalized spacial score (nSPS) is 10.3. The van der Waals surface area contributed by atoms with E-state index in [1.807, 2.05) is 12.1 Å². The lowest BCUT2D eigenvalue weighted by Crippen LogP contribution is -1.89. The Morgan fingerprint density at radius 1 is 1.00 bits per heavy atom. The molecule has 0 aliphatic carbocycles. The minimum Gasteiger partial charge on any atom is -0.454 e. The van der Waals surface area contributed by atoms with E-state index in [0.29, 0.717) is 5.75 Å². The number of ether oxygens (including phenoxy) is 1. The SMILES string of the molecule is Fc1ccc(Oc2ccc(CBr)cc2)c(F)c1. The third kappa shape index (κ3) is 3.03. The molecule has 4 heteroatoms. The van der Waals surface area contributed by atoms with Gasteiger partial charge in [-0.25, -0.2) is 8.78 Å². The molecule has 88 valence electrons. The molecule has 0 spiro atoms. The Morgan fingerprint density at radius 3 is 2.29 bits per heavy atom. The summed E-state index contributed by atoms with van der Waals surface area (Å²) in [5.74, 6) is -0.808. The van der Waals surface area contributed by atoms with E-state index in [1.165, 1.54) is 6.07 Å². The van der Waals surface area contributed by atoms with Crippen LogP contribution in [0.5, 0.6) is 11.5 Å². The summed E-state index contributed by atoms with van der Waals surface area (Å²) < 4.78 is 31.3. The summed E-state index contributed by atoms with van der Waals surface area (Å²) in [4.78, 5) is 0. The topological polar surface area (TPSA) is 9.23 Å². The predicted octanol–water partition coefficient (Wildman–Crippen LogP) is 4.65. The minimum atomic E-state index is -0.713. The van der Waals surface area contributed by atoms with Crippen LogP contribution < -0.4 is 4.74 Å². The molecule has 0 radical (unpaired) electrons. The Labute approximate surface area is 106 Å². The number of rotatable bonds is 3. The van der Waals surface area contributed by atoms with Crippen molar-refractivity contribution in [2.45, 2.75) is 5.33 Å². The van der Waals surface area contributed by atoms with Gasteiger partial charge in [0, 0.05) is 11.4 Å². The molecule has 0 fully saturated rings. The van der Waals surface area contributed by atoms with Crippen LogP contribution in [0.2, 0.25) is 0 Å². The van der Waals surface area contributed by atoms with Gasteiger partial charge in [0.2, 0.25) is 0 Å². The van der Waals surface area contributed by atoms with Crippen molar-refractivity contribution in [1.82, 2.24) is 0 Å². The predicted molar refractivity (Wildman–Crippen MR) is 65.5 cm³/mol. The van der Waals surface area contributed by atoms with Gasteiger partial charge in [0.05, 0.1) is 0 Å². The van der Waals surface area contributed by atoms with Gasteiger partial charge in [-0.15, -0.1) is 0 Å². The molecule has 0 saturated heterocycles. The highest BCUT2D eigenvalue weighted by atomic mass is 79.9. The molecule has 0 bridgehead atoms. The Bertz CT molecular complexity index is 511. The van der Waals surface area contributed by atoms with Gasteiger partial charge in [-0.3, -0.25) is 0 Å². The maximum atomic E-state index is 13.3. The number of benzene rings is 2. The van der Waals surface area contributed by atoms with Gasteiger partial charge in [0.15, 0.2) is 11.6 Å². The number of halogens is 3. The van der Waals surface area contributed by atoms with E-state index in [4.69, 9.17) is 4.74 Å². The Hall–Kier alpha value is -1.42. The van der Waals surface area contributed by atoms with Gasteiger partial charge in [0.1, 0.15) is 11.6 Å². The van der Waals surface area contributed by atoms with Crippen LogP contribution in [-0.4, -0.2) is 0 Å². The van der Waals surface area contributed by atoms with Gasteiger partial charge >= 0.3 is 0 Å². The fraction of sp³-hybridized carbons (Fsp3) is 0.0769. The zero-order valence-electron chi connectivity index (χ0n) is 8.79. The second-order valence-corrected chi connectivity index (χ2v) is 4.02. The molecular weight excluding hydrogens is 290 g/mol. The van der Waals surface area contributed by atoms with Crippen molar-refractivity contribution < 1.29 is 13.5 Å². The molecule has 0 aliphatic heterocycles. The minimum absolute atomic E-state index is 0.0120. The van der Waals surface area contributed by atoms with Crippen LogP contribution in [0.1, 0.15) is 5.56 Å². The summed E-state index contributed by atoms with van der Waals surface area (Å²) in [6.45, 7) is 0. The second kappa shape index (κ2) is 5.27. The first kappa shape index (κ1) is 12.0. The second-order valence-electron chi connectivity index (χ2n) is 3.45. The summed E-state index contributed by atoms with van der Waals surface area (Å²) in [5.41, 5.74) is 1.09. The molecule has 2 aromatic rings. The summed E-state index contributed by atoms with van der Waals surface area (Å²) in [6.07, 6.45) is 0. The summed E-state index contributed by atoms with van der Waals surface area (Å²) in [6, 6.07) is 10.4. The van der Waals surface area contributed by atoms with Gasteiger partial charge < -0.3 is 4.74 Å². The summed E-state index contributed by atoms with van der Waals surface area (Å²) in [7, 11) is 0. The van der Waals surface area contributed by atoms with Crippen molar-refractivity contribution in [3.8, 4) is 11.5 Å². The van der Waals surface area contributed by atoms with Crippen molar-refractivity contribution in [1.29, 1.82) is 0 Å². The van der Waals surface area contributed by atoms with E-state index < -0.39 is 11.6 Å². The van der Waals surface area contributed by atoms with Crippen LogP contribution in [0, 0.1) is 11.6 Å². The van der Waals surface area contributed by atoms with Crippen LogP contribution >= 0.6 is 15.9 Å². The molecule has 2 aromatic carbocycles. The Balaban J connectivity index is 2.19. The van der Waals surface area contributed by atoms with E-state index in [0.717, 1.165) is 23.0 Å². The van der Waals surface area contributed by atoms with Gasteiger partial charge in [0.25, 0.3) is 0 Å². The molecule has 0 N–H and O–H groups in total. The quantitative estimate of drug-likeness (QED) is 0.749. The van der Waals surface area contributed by atoms with Crippen molar-refractivity contribution in [2.75, 3.05) is 0 Å². The fourth-order valence-corrected chi connectivity index (χ4v) is 1.71. The van der Waals surface area contributed by atoms with Crippen LogP contribution in [0.25, 0.3) is 0 Å². The highest BCUT2D eigenvalue weighted by molar-refractivity contribution is 9.08. The van der Waals surface area contributed by atoms with Gasteiger partial charge in [-0.05, 0) is 29.8 Å². The average Bonchev–Trinajstić information content (AvgIpc) is 2.34. The third-order valence-corrected chi connectivity index (χ3v) is 2.85. The zero-order valence-corrected chi connectivity index (χ0v) is 10.4. The van der Waals surface area contributed by atoms with Gasteiger partial charge in [-0.1, -0.05) is 28.1 Å². The molecule has 0 saturated carbocycles. The number of hydrogen-bond donors (Lipinski definition) is 0. The van der Waals surface area contributed by atoms with E-state index in [1.54, 1.807) is 12.1 Å². The van der Waals surface area contributed by atoms with Crippen LogP contribution in [0.4, 0.5) is 8.78 Å². The van der Waals surface area contributed by atoms with Crippen molar-refractivity contribution >= 4 is 15.9 Å². The first-order valence-corrected chi connectivity index (χ1v) is 6.09.